The van der Waals surface area contributed by atoms with E-state index in [1.165, 1.54) is 0 Å². The number of hydrogen-bond acceptors (Lipinski definition) is 3. The zero-order valence-corrected chi connectivity index (χ0v) is 6.06. The van der Waals surface area contributed by atoms with E-state index >= 15 is 0 Å². The van der Waals surface area contributed by atoms with Crippen LogP contribution >= 0.6 is 0 Å². The summed E-state index contributed by atoms with van der Waals surface area (Å²) < 4.78 is 28.2. The highest BCUT2D eigenvalue weighted by Gasteiger charge is 1.99. The van der Waals surface area contributed by atoms with E-state index in [4.69, 9.17) is 9.66 Å². The second kappa shape index (κ2) is 4.28. The zero-order chi connectivity index (χ0) is 8.04. The van der Waals surface area contributed by atoms with Gasteiger partial charge in [-0.25, -0.2) is 0 Å². The van der Waals surface area contributed by atoms with Gasteiger partial charge in [-0.15, -0.1) is 0 Å². The van der Waals surface area contributed by atoms with Crippen molar-refractivity contribution in [3.8, 4) is 11.8 Å². The van der Waals surface area contributed by atoms with Crippen molar-refractivity contribution in [3.63, 3.8) is 0 Å². The molecule has 0 bridgehead atoms. The molecule has 58 valence electrons. The van der Waals surface area contributed by atoms with E-state index in [2.05, 4.69) is 11.8 Å². The summed E-state index contributed by atoms with van der Waals surface area (Å²) in [6, 6.07) is 0. The van der Waals surface area contributed by atoms with E-state index in [1.54, 1.807) is 0 Å². The molecule has 2 N–H and O–H groups in total. The van der Waals surface area contributed by atoms with Gasteiger partial charge in [-0.05, 0) is 0 Å². The Morgan fingerprint density at radius 2 is 1.90 bits per heavy atom. The number of aliphatic hydroxyl groups excluding tert-OH is 1. The van der Waals surface area contributed by atoms with Crippen molar-refractivity contribution in [1.29, 1.82) is 0 Å². The quantitative estimate of drug-likeness (QED) is 0.416. The second-order valence-electron chi connectivity index (χ2n) is 1.55. The number of aliphatic hydroxyl groups is 1. The topological polar surface area (TPSA) is 74.6 Å². The van der Waals surface area contributed by atoms with Crippen LogP contribution < -0.4 is 0 Å². The maximum Gasteiger partial charge on any atom is 0.265 e. The summed E-state index contributed by atoms with van der Waals surface area (Å²) in [6.07, 6.45) is 0.0550. The Balaban J connectivity index is 3.58. The third-order valence-electron chi connectivity index (χ3n) is 0.689. The summed E-state index contributed by atoms with van der Waals surface area (Å²) in [7, 11) is -3.89. The molecule has 0 saturated heterocycles. The Bertz CT molecular complexity index is 230. The molecule has 0 aliphatic carbocycles. The molecule has 0 amide bonds. The number of rotatable bonds is 2. The second-order valence-corrected chi connectivity index (χ2v) is 3.12. The lowest BCUT2D eigenvalue weighted by atomic mass is 10.5. The molecule has 4 nitrogen and oxygen atoms in total. The summed E-state index contributed by atoms with van der Waals surface area (Å²) in [4.78, 5) is 0. The molecular weight excluding hydrogens is 156 g/mol. The summed E-state index contributed by atoms with van der Waals surface area (Å²) in [5.74, 6) is 4.23. The van der Waals surface area contributed by atoms with Gasteiger partial charge in [-0.3, -0.25) is 4.55 Å². The van der Waals surface area contributed by atoms with E-state index in [1.807, 2.05) is 0 Å². The minimum Gasteiger partial charge on any atom is -0.384 e. The van der Waals surface area contributed by atoms with Crippen LogP contribution in [0.25, 0.3) is 0 Å². The minimum absolute atomic E-state index is 0.0550. The van der Waals surface area contributed by atoms with Gasteiger partial charge in [0.2, 0.25) is 0 Å². The third kappa shape index (κ3) is 7.43. The number of hydrogen-bond donors (Lipinski definition) is 2. The van der Waals surface area contributed by atoms with Crippen LogP contribution in [0.2, 0.25) is 0 Å². The van der Waals surface area contributed by atoms with E-state index in [0.29, 0.717) is 0 Å². The molecule has 0 spiro atoms. The Labute approximate surface area is 59.6 Å². The first-order chi connectivity index (χ1) is 4.56. The first-order valence-corrected chi connectivity index (χ1v) is 4.19. The lowest BCUT2D eigenvalue weighted by Crippen LogP contribution is -2.02. The van der Waals surface area contributed by atoms with Crippen LogP contribution in [0.5, 0.6) is 0 Å². The fraction of sp³-hybridized carbons (Fsp3) is 0.600. The molecule has 0 atom stereocenters. The Hall–Kier alpha value is -0.570. The molecule has 0 rings (SSSR count). The molecule has 0 unspecified atom stereocenters. The normalized spacial score (nSPS) is 10.2. The molecule has 0 fully saturated rings. The smallest absolute Gasteiger partial charge is 0.265 e. The predicted octanol–water partition coefficient (Wildman–Crippen LogP) is -0.740. The fourth-order valence-electron chi connectivity index (χ4n) is 0.324. The van der Waals surface area contributed by atoms with Gasteiger partial charge in [0.05, 0.1) is 5.75 Å². The van der Waals surface area contributed by atoms with E-state index < -0.39 is 10.1 Å². The molecule has 5 heteroatoms. The highest BCUT2D eigenvalue weighted by atomic mass is 32.2. The van der Waals surface area contributed by atoms with Crippen LogP contribution in [-0.2, 0) is 10.1 Å². The van der Waals surface area contributed by atoms with Gasteiger partial charge in [0.15, 0.2) is 0 Å². The van der Waals surface area contributed by atoms with Crippen LogP contribution in [0, 0.1) is 11.8 Å². The average Bonchev–Trinajstić information content (AvgIpc) is 1.78. The van der Waals surface area contributed by atoms with Crippen molar-refractivity contribution in [1.82, 2.24) is 0 Å². The van der Waals surface area contributed by atoms with Crippen LogP contribution in [0.15, 0.2) is 0 Å². The predicted molar refractivity (Wildman–Crippen MR) is 35.9 cm³/mol. The van der Waals surface area contributed by atoms with Crippen molar-refractivity contribution in [3.05, 3.63) is 0 Å². The van der Waals surface area contributed by atoms with Gasteiger partial charge in [0.1, 0.15) is 6.61 Å². The summed E-state index contributed by atoms with van der Waals surface area (Å²) in [6.45, 7) is -0.286. The molecule has 0 aromatic carbocycles. The third-order valence-corrected chi connectivity index (χ3v) is 1.41. The standard InChI is InChI=1S/C5H8O4S/c6-4-2-1-3-5-10(7,8)9/h6H,3-5H2,(H,7,8,9). The molecule has 0 aromatic rings. The SMILES string of the molecule is O=S(=O)(O)CCC#CCO. The minimum atomic E-state index is -3.89. The molecule has 0 saturated carbocycles. The van der Waals surface area contributed by atoms with Gasteiger partial charge >= 0.3 is 0 Å². The van der Waals surface area contributed by atoms with Gasteiger partial charge in [-0.2, -0.15) is 8.42 Å². The van der Waals surface area contributed by atoms with Gasteiger partial charge in [0.25, 0.3) is 10.1 Å². The van der Waals surface area contributed by atoms with E-state index in [0.717, 1.165) is 0 Å². The highest BCUT2D eigenvalue weighted by molar-refractivity contribution is 7.85. The first-order valence-electron chi connectivity index (χ1n) is 2.58. The van der Waals surface area contributed by atoms with Gasteiger partial charge in [0, 0.05) is 6.42 Å². The largest absolute Gasteiger partial charge is 0.384 e. The molecule has 10 heavy (non-hydrogen) atoms. The van der Waals surface area contributed by atoms with Crippen LogP contribution in [-0.4, -0.2) is 30.4 Å². The van der Waals surface area contributed by atoms with E-state index in [9.17, 15) is 8.42 Å². The highest BCUT2D eigenvalue weighted by Crippen LogP contribution is 1.84. The molecule has 0 aliphatic heterocycles. The first kappa shape index (κ1) is 9.43. The summed E-state index contributed by atoms with van der Waals surface area (Å²) in [5, 5.41) is 8.11. The lowest BCUT2D eigenvalue weighted by Gasteiger charge is -1.86. The van der Waals surface area contributed by atoms with E-state index in [-0.39, 0.29) is 18.8 Å². The molecular formula is C5H8O4S. The van der Waals surface area contributed by atoms with Gasteiger partial charge in [-0.1, -0.05) is 11.8 Å². The van der Waals surface area contributed by atoms with Crippen molar-refractivity contribution in [2.45, 2.75) is 6.42 Å². The zero-order valence-electron chi connectivity index (χ0n) is 5.24. The maximum absolute atomic E-state index is 10.0. The Morgan fingerprint density at radius 3 is 2.30 bits per heavy atom. The monoisotopic (exact) mass is 164 g/mol. The van der Waals surface area contributed by atoms with Crippen LogP contribution in [0.3, 0.4) is 0 Å². The summed E-state index contributed by atoms with van der Waals surface area (Å²) >= 11 is 0. The lowest BCUT2D eigenvalue weighted by molar-refractivity contribution is 0.350. The van der Waals surface area contributed by atoms with Gasteiger partial charge < -0.3 is 5.11 Å². The molecule has 0 aromatic heterocycles. The van der Waals surface area contributed by atoms with Crippen molar-refractivity contribution in [2.24, 2.45) is 0 Å². The fourth-order valence-corrected chi connectivity index (χ4v) is 0.684. The van der Waals surface area contributed by atoms with Crippen molar-refractivity contribution in [2.75, 3.05) is 12.4 Å². The Morgan fingerprint density at radius 1 is 1.30 bits per heavy atom. The van der Waals surface area contributed by atoms with Crippen LogP contribution in [0.4, 0.5) is 0 Å². The summed E-state index contributed by atoms with van der Waals surface area (Å²) in [5.41, 5.74) is 0. The molecule has 0 radical (unpaired) electrons. The molecule has 0 aliphatic rings. The average molecular weight is 164 g/mol. The Kier molecular flexibility index (Phi) is 4.03. The van der Waals surface area contributed by atoms with Crippen molar-refractivity contribution < 1.29 is 18.1 Å². The maximum atomic E-state index is 10.0. The molecule has 0 heterocycles. The van der Waals surface area contributed by atoms with Crippen molar-refractivity contribution >= 4 is 10.1 Å². The van der Waals surface area contributed by atoms with Crippen LogP contribution in [0.1, 0.15) is 6.42 Å².